The predicted octanol–water partition coefficient (Wildman–Crippen LogP) is 0.996. The van der Waals surface area contributed by atoms with Crippen LogP contribution in [0.2, 0.25) is 0 Å². The molecule has 1 heterocycles. The van der Waals surface area contributed by atoms with Gasteiger partial charge in [0.05, 0.1) is 0 Å². The lowest BCUT2D eigenvalue weighted by molar-refractivity contribution is -0.128. The fourth-order valence-corrected chi connectivity index (χ4v) is 2.43. The smallest absolute Gasteiger partial charge is 0.287 e. The highest BCUT2D eigenvalue weighted by Crippen LogP contribution is 2.20. The molecule has 0 spiro atoms. The molecule has 1 unspecified atom stereocenters. The molecule has 7 heteroatoms. The van der Waals surface area contributed by atoms with E-state index in [0.29, 0.717) is 16.8 Å². The van der Waals surface area contributed by atoms with E-state index in [0.717, 1.165) is 0 Å². The summed E-state index contributed by atoms with van der Waals surface area (Å²) in [5, 5.41) is 0.132. The van der Waals surface area contributed by atoms with Crippen LogP contribution in [0.3, 0.4) is 0 Å². The van der Waals surface area contributed by atoms with Gasteiger partial charge in [-0.3, -0.25) is 4.79 Å². The molecule has 102 valence electrons. The summed E-state index contributed by atoms with van der Waals surface area (Å²) in [6.45, 7) is 0. The van der Waals surface area contributed by atoms with Crippen molar-refractivity contribution in [3.05, 3.63) is 18.2 Å². The fraction of sp³-hybridized carbons (Fsp3) is 0.333. The number of anilines is 1. The number of rotatable bonds is 4. The number of amides is 1. The second-order valence-corrected chi connectivity index (χ2v) is 5.74. The summed E-state index contributed by atoms with van der Waals surface area (Å²) in [5.74, 6) is 0.118. The highest BCUT2D eigenvalue weighted by atomic mass is 32.2. The van der Waals surface area contributed by atoms with Gasteiger partial charge in [-0.15, -0.1) is 0 Å². The van der Waals surface area contributed by atoms with Crippen LogP contribution in [0.4, 0.5) is 5.69 Å². The second kappa shape index (κ2) is 5.40. The average Bonchev–Trinajstić information content (AvgIpc) is 2.78. The predicted molar refractivity (Wildman–Crippen MR) is 73.0 cm³/mol. The third-order valence-corrected chi connectivity index (χ3v) is 3.73. The van der Waals surface area contributed by atoms with E-state index in [2.05, 4.69) is 4.98 Å². The molecule has 0 fully saturated rings. The zero-order valence-corrected chi connectivity index (χ0v) is 11.6. The van der Waals surface area contributed by atoms with Crippen molar-refractivity contribution in [2.75, 3.05) is 25.6 Å². The van der Waals surface area contributed by atoms with Gasteiger partial charge in [0, 0.05) is 32.0 Å². The van der Waals surface area contributed by atoms with Crippen LogP contribution in [0.5, 0.6) is 0 Å². The number of oxazole rings is 1. The highest BCUT2D eigenvalue weighted by Gasteiger charge is 2.15. The van der Waals surface area contributed by atoms with Gasteiger partial charge in [0.15, 0.2) is 5.58 Å². The molecular weight excluding hydrogens is 266 g/mol. The lowest BCUT2D eigenvalue weighted by Gasteiger charge is -2.08. The summed E-state index contributed by atoms with van der Waals surface area (Å²) < 4.78 is 17.4. The number of carbonyl (C=O) groups excluding carboxylic acids is 1. The monoisotopic (exact) mass is 281 g/mol. The van der Waals surface area contributed by atoms with Gasteiger partial charge >= 0.3 is 0 Å². The number of carbonyl (C=O) groups is 1. The van der Waals surface area contributed by atoms with Gasteiger partial charge in [-0.2, -0.15) is 0 Å². The number of benzene rings is 1. The summed E-state index contributed by atoms with van der Waals surface area (Å²) in [7, 11) is 1.89. The molecule has 1 atom stereocenters. The van der Waals surface area contributed by atoms with Crippen LogP contribution in [0, 0.1) is 0 Å². The van der Waals surface area contributed by atoms with Crippen molar-refractivity contribution in [2.45, 2.75) is 11.6 Å². The molecule has 1 aromatic carbocycles. The first-order valence-electron chi connectivity index (χ1n) is 5.72. The molecule has 6 nitrogen and oxygen atoms in total. The van der Waals surface area contributed by atoms with Crippen LogP contribution in [-0.2, 0) is 15.6 Å². The first-order chi connectivity index (χ1) is 8.97. The summed E-state index contributed by atoms with van der Waals surface area (Å²) in [6.07, 6.45) is 0.195. The Morgan fingerprint density at radius 2 is 2.21 bits per heavy atom. The molecular formula is C12H15N3O3S. The number of hydrogen-bond donors (Lipinski definition) is 1. The third-order valence-electron chi connectivity index (χ3n) is 2.59. The van der Waals surface area contributed by atoms with Crippen molar-refractivity contribution < 1.29 is 13.4 Å². The normalized spacial score (nSPS) is 12.5. The van der Waals surface area contributed by atoms with Gasteiger partial charge in [-0.1, -0.05) is 0 Å². The summed E-state index contributed by atoms with van der Waals surface area (Å²) in [4.78, 5) is 17.0. The molecule has 0 radical (unpaired) electrons. The van der Waals surface area contributed by atoms with E-state index in [1.54, 1.807) is 32.3 Å². The van der Waals surface area contributed by atoms with Crippen molar-refractivity contribution in [2.24, 2.45) is 0 Å². The minimum atomic E-state index is -1.43. The zero-order valence-electron chi connectivity index (χ0n) is 10.8. The van der Waals surface area contributed by atoms with E-state index in [9.17, 15) is 9.00 Å². The molecule has 0 aliphatic carbocycles. The molecule has 1 aromatic heterocycles. The number of nitrogens with two attached hydrogens (primary N) is 1. The number of hydrogen-bond acceptors (Lipinski definition) is 5. The Bertz CT molecular complexity index is 636. The summed E-state index contributed by atoms with van der Waals surface area (Å²) in [5.41, 5.74) is 7.31. The van der Waals surface area contributed by atoms with Crippen molar-refractivity contribution in [3.63, 3.8) is 0 Å². The van der Waals surface area contributed by atoms with Crippen LogP contribution in [0.25, 0.3) is 11.1 Å². The number of nitrogens with zero attached hydrogens (tertiary/aromatic N) is 2. The van der Waals surface area contributed by atoms with Crippen LogP contribution in [-0.4, -0.2) is 39.8 Å². The maximum absolute atomic E-state index is 12.0. The Morgan fingerprint density at radius 1 is 1.47 bits per heavy atom. The fourth-order valence-electron chi connectivity index (χ4n) is 1.51. The second-order valence-electron chi connectivity index (χ2n) is 4.29. The van der Waals surface area contributed by atoms with E-state index in [1.165, 1.54) is 4.90 Å². The van der Waals surface area contributed by atoms with Crippen LogP contribution in [0.1, 0.15) is 6.42 Å². The van der Waals surface area contributed by atoms with Crippen molar-refractivity contribution in [3.8, 4) is 0 Å². The standard InChI is InChI=1S/C12H15N3O3S/c1-15(2)11(16)5-6-19(17)12-14-9-7-8(13)3-4-10(9)18-12/h3-4,7H,5-6,13H2,1-2H3. The zero-order chi connectivity index (χ0) is 14.0. The number of fused-ring (bicyclic) bond motifs is 1. The van der Waals surface area contributed by atoms with E-state index in [4.69, 9.17) is 10.2 Å². The minimum absolute atomic E-state index is 0.0753. The lowest BCUT2D eigenvalue weighted by Crippen LogP contribution is -2.23. The third kappa shape index (κ3) is 3.11. The maximum atomic E-state index is 12.0. The van der Waals surface area contributed by atoms with Gasteiger partial charge in [-0.05, 0) is 18.2 Å². The van der Waals surface area contributed by atoms with Gasteiger partial charge in [0.2, 0.25) is 5.91 Å². The van der Waals surface area contributed by atoms with Crippen molar-refractivity contribution in [1.29, 1.82) is 0 Å². The van der Waals surface area contributed by atoms with Crippen molar-refractivity contribution in [1.82, 2.24) is 9.88 Å². The first-order valence-corrected chi connectivity index (χ1v) is 7.04. The lowest BCUT2D eigenvalue weighted by atomic mass is 10.3. The molecule has 2 N–H and O–H groups in total. The Morgan fingerprint density at radius 3 is 2.89 bits per heavy atom. The van der Waals surface area contributed by atoms with Gasteiger partial charge < -0.3 is 15.1 Å². The Balaban J connectivity index is 2.11. The summed E-state index contributed by atoms with van der Waals surface area (Å²) >= 11 is 0. The Kier molecular flexibility index (Phi) is 3.84. The van der Waals surface area contributed by atoms with Crippen molar-refractivity contribution >= 4 is 33.5 Å². The molecule has 2 aromatic rings. The average molecular weight is 281 g/mol. The van der Waals surface area contributed by atoms with Crippen LogP contribution < -0.4 is 5.73 Å². The Labute approximate surface area is 113 Å². The molecule has 0 saturated carbocycles. The van der Waals surface area contributed by atoms with E-state index >= 15 is 0 Å². The quantitative estimate of drug-likeness (QED) is 0.844. The molecule has 0 aliphatic heterocycles. The number of nitrogen functional groups attached to an aromatic ring is 1. The molecule has 2 rings (SSSR count). The molecule has 19 heavy (non-hydrogen) atoms. The topological polar surface area (TPSA) is 89.4 Å². The molecule has 0 saturated heterocycles. The van der Waals surface area contributed by atoms with E-state index in [-0.39, 0.29) is 23.3 Å². The van der Waals surface area contributed by atoms with E-state index in [1.807, 2.05) is 0 Å². The molecule has 0 bridgehead atoms. The van der Waals surface area contributed by atoms with Gasteiger partial charge in [0.25, 0.3) is 5.22 Å². The molecule has 1 amide bonds. The number of aromatic nitrogens is 1. The van der Waals surface area contributed by atoms with Gasteiger partial charge in [-0.25, -0.2) is 9.19 Å². The summed E-state index contributed by atoms with van der Waals surface area (Å²) in [6, 6.07) is 5.03. The largest absolute Gasteiger partial charge is 0.430 e. The first kappa shape index (κ1) is 13.5. The van der Waals surface area contributed by atoms with Crippen LogP contribution in [0.15, 0.2) is 27.8 Å². The van der Waals surface area contributed by atoms with Crippen LogP contribution >= 0.6 is 0 Å². The van der Waals surface area contributed by atoms with Gasteiger partial charge in [0.1, 0.15) is 16.3 Å². The minimum Gasteiger partial charge on any atom is -0.430 e. The molecule has 0 aliphatic rings. The van der Waals surface area contributed by atoms with E-state index < -0.39 is 10.8 Å². The maximum Gasteiger partial charge on any atom is 0.287 e. The highest BCUT2D eigenvalue weighted by molar-refractivity contribution is 7.84. The Hall–Kier alpha value is -1.89. The SMILES string of the molecule is CN(C)C(=O)CCS(=O)c1nc2cc(N)ccc2o1.